The van der Waals surface area contributed by atoms with Crippen LogP contribution in [0.15, 0.2) is 17.0 Å². The zero-order valence-corrected chi connectivity index (χ0v) is 11.9. The molecule has 1 aromatic rings. The normalized spacial score (nSPS) is 10.9. The lowest BCUT2D eigenvalue weighted by Crippen LogP contribution is -2.06. The number of hydrogen-bond donors (Lipinski definition) is 0. The number of alkyl halides is 4. The number of rotatable bonds is 3. The molecule has 0 radical (unpaired) electrons. The van der Waals surface area contributed by atoms with E-state index in [1.54, 1.807) is 6.07 Å². The molecule has 1 aromatic carbocycles. The molecule has 102 valence electrons. The molecule has 0 aliphatic carbocycles. The number of carbonyl (C=O) groups is 1. The maximum absolute atomic E-state index is 12.5. The van der Waals surface area contributed by atoms with Gasteiger partial charge in [-0.15, -0.1) is 0 Å². The molecular weight excluding hydrogens is 347 g/mol. The molecule has 0 bridgehead atoms. The monoisotopic (exact) mass is 353 g/mol. The van der Waals surface area contributed by atoms with Crippen molar-refractivity contribution in [1.29, 1.82) is 5.26 Å². The Morgan fingerprint density at radius 2 is 2.16 bits per heavy atom. The summed E-state index contributed by atoms with van der Waals surface area (Å²) in [5.41, 5.74) is -4.39. The van der Waals surface area contributed by atoms with Gasteiger partial charge in [-0.1, -0.05) is 15.9 Å². The first-order chi connectivity index (χ1) is 8.82. The summed E-state index contributed by atoms with van der Waals surface area (Å²) in [4.78, 5) is 11.2. The van der Waals surface area contributed by atoms with E-state index in [1.165, 1.54) is 6.07 Å². The number of ether oxygens (including phenoxy) is 1. The van der Waals surface area contributed by atoms with Crippen LogP contribution in [0.1, 0.15) is 21.5 Å². The van der Waals surface area contributed by atoms with Crippen LogP contribution in [0.4, 0.5) is 13.2 Å². The Morgan fingerprint density at radius 3 is 2.58 bits per heavy atom. The first kappa shape index (κ1) is 15.9. The Balaban J connectivity index is 3.41. The molecule has 3 nitrogen and oxygen atoms in total. The number of nitriles is 1. The summed E-state index contributed by atoms with van der Waals surface area (Å²) in [6.07, 6.45) is 0. The molecule has 0 N–H and O–H groups in total. The molecule has 0 aromatic heterocycles. The molecule has 0 unspecified atom stereocenters. The van der Waals surface area contributed by atoms with Crippen molar-refractivity contribution in [1.82, 2.24) is 0 Å². The van der Waals surface area contributed by atoms with E-state index in [9.17, 15) is 18.0 Å². The Labute approximate surface area is 119 Å². The van der Waals surface area contributed by atoms with Crippen LogP contribution in [0.3, 0.4) is 0 Å². The summed E-state index contributed by atoms with van der Waals surface area (Å²) in [5.74, 6) is -0.790. The maximum atomic E-state index is 12.5. The van der Waals surface area contributed by atoms with Gasteiger partial charge in [0, 0.05) is 10.2 Å². The van der Waals surface area contributed by atoms with Gasteiger partial charge in [-0.25, -0.2) is 4.79 Å². The zero-order chi connectivity index (χ0) is 14.6. The number of hydrogen-bond acceptors (Lipinski definition) is 4. The van der Waals surface area contributed by atoms with E-state index in [1.807, 2.05) is 0 Å². The molecule has 0 heterocycles. The number of carbonyl (C=O) groups excluding carboxylic acids is 1. The van der Waals surface area contributed by atoms with Gasteiger partial charge in [-0.3, -0.25) is 0 Å². The van der Waals surface area contributed by atoms with Crippen LogP contribution in [0, 0.1) is 11.3 Å². The summed E-state index contributed by atoms with van der Waals surface area (Å²) in [5, 5.41) is 9.02. The van der Waals surface area contributed by atoms with Gasteiger partial charge in [0.25, 0.3) is 0 Å². The second-order valence-corrected chi connectivity index (χ2v) is 4.95. The molecule has 0 aliphatic heterocycles. The number of nitrogens with zero attached hydrogens (tertiary/aromatic N) is 1. The SMILES string of the molecule is COC(=O)c1cc(C#N)c(CBr)c(SC(F)(F)F)c1. The van der Waals surface area contributed by atoms with Crippen LogP contribution in [0.25, 0.3) is 0 Å². The number of thioether (sulfide) groups is 1. The van der Waals surface area contributed by atoms with Crippen molar-refractivity contribution in [2.24, 2.45) is 0 Å². The lowest BCUT2D eigenvalue weighted by molar-refractivity contribution is -0.0328. The minimum absolute atomic E-state index is 0.00604. The lowest BCUT2D eigenvalue weighted by Gasteiger charge is -2.12. The van der Waals surface area contributed by atoms with E-state index in [4.69, 9.17) is 5.26 Å². The first-order valence-electron chi connectivity index (χ1n) is 4.79. The van der Waals surface area contributed by atoms with Crippen LogP contribution in [-0.4, -0.2) is 18.6 Å². The highest BCUT2D eigenvalue weighted by Gasteiger charge is 2.31. The van der Waals surface area contributed by atoms with Crippen LogP contribution >= 0.6 is 27.7 Å². The van der Waals surface area contributed by atoms with Crippen LogP contribution in [-0.2, 0) is 10.1 Å². The van der Waals surface area contributed by atoms with Crippen molar-refractivity contribution < 1.29 is 22.7 Å². The summed E-state index contributed by atoms with van der Waals surface area (Å²) >= 11 is 2.67. The van der Waals surface area contributed by atoms with E-state index in [0.717, 1.165) is 13.2 Å². The van der Waals surface area contributed by atoms with E-state index in [2.05, 4.69) is 20.7 Å². The largest absolute Gasteiger partial charge is 0.465 e. The molecule has 19 heavy (non-hydrogen) atoms. The summed E-state index contributed by atoms with van der Waals surface area (Å²) in [7, 11) is 1.11. The quantitative estimate of drug-likeness (QED) is 0.470. The molecular formula is C11H7BrF3NO2S. The van der Waals surface area contributed by atoms with Gasteiger partial charge in [-0.2, -0.15) is 18.4 Å². The molecule has 0 saturated carbocycles. The molecule has 0 saturated heterocycles. The zero-order valence-electron chi connectivity index (χ0n) is 9.55. The predicted octanol–water partition coefficient (Wildman–Crippen LogP) is 3.85. The molecule has 1 rings (SSSR count). The summed E-state index contributed by atoms with van der Waals surface area (Å²) in [6.45, 7) is 0. The molecule has 0 spiro atoms. The highest BCUT2D eigenvalue weighted by Crippen LogP contribution is 2.40. The number of esters is 1. The Hall–Kier alpha value is -1.20. The van der Waals surface area contributed by atoms with Crippen LogP contribution in [0.2, 0.25) is 0 Å². The topological polar surface area (TPSA) is 50.1 Å². The number of halogens is 4. The standard InChI is InChI=1S/C11H7BrF3NO2S/c1-18-10(17)6-2-7(5-16)8(4-12)9(3-6)19-11(13,14)15/h2-3H,4H2,1H3. The highest BCUT2D eigenvalue weighted by atomic mass is 79.9. The smallest absolute Gasteiger partial charge is 0.446 e. The molecule has 0 amide bonds. The average Bonchev–Trinajstić information content (AvgIpc) is 2.34. The fourth-order valence-electron chi connectivity index (χ4n) is 1.33. The summed E-state index contributed by atoms with van der Waals surface area (Å²) in [6, 6.07) is 4.06. The van der Waals surface area contributed by atoms with Gasteiger partial charge in [0.15, 0.2) is 0 Å². The van der Waals surface area contributed by atoms with E-state index >= 15 is 0 Å². The maximum Gasteiger partial charge on any atom is 0.446 e. The third kappa shape index (κ3) is 4.14. The molecule has 0 aliphatic rings. The minimum atomic E-state index is -4.50. The Morgan fingerprint density at radius 1 is 1.53 bits per heavy atom. The van der Waals surface area contributed by atoms with E-state index in [-0.39, 0.29) is 38.7 Å². The second-order valence-electron chi connectivity index (χ2n) is 3.29. The third-order valence-corrected chi connectivity index (χ3v) is 3.49. The predicted molar refractivity (Wildman–Crippen MR) is 67.0 cm³/mol. The van der Waals surface area contributed by atoms with Gasteiger partial charge in [0.1, 0.15) is 0 Å². The van der Waals surface area contributed by atoms with Crippen LogP contribution in [0.5, 0.6) is 0 Å². The fourth-order valence-corrected chi connectivity index (χ4v) is 2.86. The van der Waals surface area contributed by atoms with Gasteiger partial charge >= 0.3 is 11.5 Å². The average molecular weight is 354 g/mol. The Bertz CT molecular complexity index is 540. The highest BCUT2D eigenvalue weighted by molar-refractivity contribution is 9.08. The molecule has 0 fully saturated rings. The van der Waals surface area contributed by atoms with Gasteiger partial charge in [0.05, 0.1) is 24.3 Å². The van der Waals surface area contributed by atoms with Crippen molar-refractivity contribution in [3.63, 3.8) is 0 Å². The number of methoxy groups -OCH3 is 1. The van der Waals surface area contributed by atoms with E-state index < -0.39 is 11.5 Å². The second kappa shape index (κ2) is 6.30. The van der Waals surface area contributed by atoms with Crippen molar-refractivity contribution in [3.8, 4) is 6.07 Å². The summed E-state index contributed by atoms with van der Waals surface area (Å²) < 4.78 is 41.8. The van der Waals surface area contributed by atoms with Crippen molar-refractivity contribution in [3.05, 3.63) is 28.8 Å². The van der Waals surface area contributed by atoms with Crippen LogP contribution < -0.4 is 0 Å². The van der Waals surface area contributed by atoms with Gasteiger partial charge < -0.3 is 4.74 Å². The van der Waals surface area contributed by atoms with Crippen molar-refractivity contribution in [2.45, 2.75) is 15.7 Å². The first-order valence-corrected chi connectivity index (χ1v) is 6.73. The number of benzene rings is 1. The van der Waals surface area contributed by atoms with Gasteiger partial charge in [-0.05, 0) is 29.5 Å². The van der Waals surface area contributed by atoms with Crippen molar-refractivity contribution >= 4 is 33.7 Å². The van der Waals surface area contributed by atoms with E-state index in [0.29, 0.717) is 0 Å². The minimum Gasteiger partial charge on any atom is -0.465 e. The van der Waals surface area contributed by atoms with Crippen molar-refractivity contribution in [2.75, 3.05) is 7.11 Å². The fraction of sp³-hybridized carbons (Fsp3) is 0.273. The third-order valence-electron chi connectivity index (χ3n) is 2.11. The molecule has 8 heteroatoms. The molecule has 0 atom stereocenters. The Kier molecular flexibility index (Phi) is 5.26. The lowest BCUT2D eigenvalue weighted by atomic mass is 10.1. The van der Waals surface area contributed by atoms with Gasteiger partial charge in [0.2, 0.25) is 0 Å².